The Morgan fingerprint density at radius 1 is 1.42 bits per heavy atom. The molecule has 8 heteroatoms. The van der Waals surface area contributed by atoms with E-state index >= 15 is 0 Å². The van der Waals surface area contributed by atoms with Gasteiger partial charge in [-0.3, -0.25) is 10.1 Å². The van der Waals surface area contributed by atoms with Gasteiger partial charge in [0.25, 0.3) is 5.69 Å². The van der Waals surface area contributed by atoms with Crippen molar-refractivity contribution in [2.24, 2.45) is 0 Å². The zero-order valence-corrected chi connectivity index (χ0v) is 11.6. The maximum Gasteiger partial charge on any atom is 0.273 e. The highest BCUT2D eigenvalue weighted by atomic mass is 32.2. The Balaban J connectivity index is 2.96. The van der Waals surface area contributed by atoms with Gasteiger partial charge in [0.1, 0.15) is 0 Å². The molecule has 19 heavy (non-hydrogen) atoms. The van der Waals surface area contributed by atoms with Gasteiger partial charge >= 0.3 is 0 Å². The van der Waals surface area contributed by atoms with Crippen molar-refractivity contribution in [3.8, 4) is 0 Å². The van der Waals surface area contributed by atoms with E-state index in [4.69, 9.17) is 4.74 Å². The summed E-state index contributed by atoms with van der Waals surface area (Å²) in [4.78, 5) is 10.1. The van der Waals surface area contributed by atoms with Gasteiger partial charge in [0.2, 0.25) is 10.0 Å². The molecule has 0 amide bonds. The van der Waals surface area contributed by atoms with Crippen LogP contribution in [0.15, 0.2) is 23.1 Å². The number of rotatable bonds is 7. The third-order valence-electron chi connectivity index (χ3n) is 2.56. The van der Waals surface area contributed by atoms with Crippen molar-refractivity contribution in [3.63, 3.8) is 0 Å². The summed E-state index contributed by atoms with van der Waals surface area (Å²) in [6, 6.07) is 3.98. The molecule has 0 unspecified atom stereocenters. The first-order chi connectivity index (χ1) is 8.90. The summed E-state index contributed by atoms with van der Waals surface area (Å²) in [5, 5.41) is 10.8. The molecule has 1 aromatic carbocycles. The zero-order chi connectivity index (χ0) is 14.5. The van der Waals surface area contributed by atoms with Gasteiger partial charge in [-0.25, -0.2) is 13.1 Å². The van der Waals surface area contributed by atoms with E-state index in [2.05, 4.69) is 4.72 Å². The molecule has 0 saturated carbocycles. The second-order valence-electron chi connectivity index (χ2n) is 3.90. The Bertz CT molecular complexity index is 556. The van der Waals surface area contributed by atoms with E-state index in [1.54, 1.807) is 0 Å². The normalized spacial score (nSPS) is 11.5. The Morgan fingerprint density at radius 2 is 2.11 bits per heavy atom. The van der Waals surface area contributed by atoms with Gasteiger partial charge in [-0.15, -0.1) is 0 Å². The number of methoxy groups -OCH3 is 1. The lowest BCUT2D eigenvalue weighted by Gasteiger charge is -2.09. The SMILES string of the molecule is COCCCNS(=O)(=O)c1cccc([N+](=O)[O-])c1C. The highest BCUT2D eigenvalue weighted by Crippen LogP contribution is 2.24. The van der Waals surface area contributed by atoms with E-state index in [0.717, 1.165) is 0 Å². The lowest BCUT2D eigenvalue weighted by molar-refractivity contribution is -0.385. The second kappa shape index (κ2) is 6.60. The van der Waals surface area contributed by atoms with E-state index < -0.39 is 14.9 Å². The van der Waals surface area contributed by atoms with Crippen LogP contribution in [-0.4, -0.2) is 33.6 Å². The standard InChI is InChI=1S/C11H16N2O5S/c1-9-10(13(14)15)5-3-6-11(9)19(16,17)12-7-4-8-18-2/h3,5-6,12H,4,7-8H2,1-2H3. The summed E-state index contributed by atoms with van der Waals surface area (Å²) >= 11 is 0. The van der Waals surface area contributed by atoms with Crippen molar-refractivity contribution >= 4 is 15.7 Å². The van der Waals surface area contributed by atoms with Gasteiger partial charge in [0, 0.05) is 31.9 Å². The Labute approximate surface area is 111 Å². The highest BCUT2D eigenvalue weighted by molar-refractivity contribution is 7.89. The van der Waals surface area contributed by atoms with E-state index in [0.29, 0.717) is 13.0 Å². The van der Waals surface area contributed by atoms with E-state index in [1.165, 1.54) is 32.2 Å². The highest BCUT2D eigenvalue weighted by Gasteiger charge is 2.22. The van der Waals surface area contributed by atoms with Gasteiger partial charge in [0.05, 0.1) is 9.82 Å². The topological polar surface area (TPSA) is 98.5 Å². The molecule has 0 aliphatic carbocycles. The van der Waals surface area contributed by atoms with Crippen LogP contribution < -0.4 is 4.72 Å². The van der Waals surface area contributed by atoms with Crippen LogP contribution in [0.5, 0.6) is 0 Å². The average Bonchev–Trinajstić information content (AvgIpc) is 2.34. The first-order valence-corrected chi connectivity index (χ1v) is 7.11. The van der Waals surface area contributed by atoms with Crippen molar-refractivity contribution in [1.29, 1.82) is 0 Å². The molecule has 1 N–H and O–H groups in total. The smallest absolute Gasteiger partial charge is 0.273 e. The van der Waals surface area contributed by atoms with Gasteiger partial charge in [-0.2, -0.15) is 0 Å². The largest absolute Gasteiger partial charge is 0.385 e. The molecule has 0 bridgehead atoms. The molecule has 0 atom stereocenters. The quantitative estimate of drug-likeness (QED) is 0.462. The van der Waals surface area contributed by atoms with Crippen LogP contribution in [0.2, 0.25) is 0 Å². The van der Waals surface area contributed by atoms with Crippen LogP contribution in [0.4, 0.5) is 5.69 Å². The monoisotopic (exact) mass is 288 g/mol. The summed E-state index contributed by atoms with van der Waals surface area (Å²) in [7, 11) is -2.21. The van der Waals surface area contributed by atoms with E-state index in [9.17, 15) is 18.5 Å². The molecule has 0 aromatic heterocycles. The molecule has 7 nitrogen and oxygen atoms in total. The van der Waals surface area contributed by atoms with Gasteiger partial charge < -0.3 is 4.74 Å². The third kappa shape index (κ3) is 3.98. The summed E-state index contributed by atoms with van der Waals surface area (Å²) in [5.41, 5.74) is -0.0773. The predicted molar refractivity (Wildman–Crippen MR) is 69.5 cm³/mol. The Kier molecular flexibility index (Phi) is 5.40. The molecular formula is C11H16N2O5S. The van der Waals surface area contributed by atoms with E-state index in [1.807, 2.05) is 0 Å². The van der Waals surface area contributed by atoms with Crippen LogP contribution in [0, 0.1) is 17.0 Å². The molecule has 0 aliphatic heterocycles. The van der Waals surface area contributed by atoms with Gasteiger partial charge in [0.15, 0.2) is 0 Å². The van der Waals surface area contributed by atoms with Crippen LogP contribution in [0.25, 0.3) is 0 Å². The minimum Gasteiger partial charge on any atom is -0.385 e. The Hall–Kier alpha value is -1.51. The number of hydrogen-bond acceptors (Lipinski definition) is 5. The fourth-order valence-electron chi connectivity index (χ4n) is 1.59. The minimum absolute atomic E-state index is 0.0703. The number of ether oxygens (including phenoxy) is 1. The maximum absolute atomic E-state index is 12.0. The molecular weight excluding hydrogens is 272 g/mol. The first-order valence-electron chi connectivity index (χ1n) is 5.62. The van der Waals surface area contributed by atoms with Gasteiger partial charge in [-0.1, -0.05) is 6.07 Å². The number of nitro benzene ring substituents is 1. The number of sulfonamides is 1. The second-order valence-corrected chi connectivity index (χ2v) is 5.64. The molecule has 0 saturated heterocycles. The molecule has 0 fully saturated rings. The predicted octanol–water partition coefficient (Wildman–Crippen LogP) is 1.22. The van der Waals surface area contributed by atoms with Crippen molar-refractivity contribution in [1.82, 2.24) is 4.72 Å². The number of benzene rings is 1. The van der Waals surface area contributed by atoms with Crippen LogP contribution in [0.3, 0.4) is 0 Å². The minimum atomic E-state index is -3.74. The fraction of sp³-hybridized carbons (Fsp3) is 0.455. The summed E-state index contributed by atoms with van der Waals surface area (Å²) in [6.07, 6.45) is 0.531. The first kappa shape index (κ1) is 15.5. The summed E-state index contributed by atoms with van der Waals surface area (Å²) < 4.78 is 31.2. The number of nitrogens with zero attached hydrogens (tertiary/aromatic N) is 1. The number of hydrogen-bond donors (Lipinski definition) is 1. The lowest BCUT2D eigenvalue weighted by Crippen LogP contribution is -2.26. The molecule has 106 valence electrons. The molecule has 0 spiro atoms. The zero-order valence-electron chi connectivity index (χ0n) is 10.8. The maximum atomic E-state index is 12.0. The average molecular weight is 288 g/mol. The number of nitrogens with one attached hydrogen (secondary N) is 1. The Morgan fingerprint density at radius 3 is 2.68 bits per heavy atom. The molecule has 1 aromatic rings. The van der Waals surface area contributed by atoms with Gasteiger partial charge in [-0.05, 0) is 19.4 Å². The molecule has 0 radical (unpaired) electrons. The van der Waals surface area contributed by atoms with Crippen LogP contribution in [-0.2, 0) is 14.8 Å². The van der Waals surface area contributed by atoms with Crippen molar-refractivity contribution < 1.29 is 18.1 Å². The fourth-order valence-corrected chi connectivity index (χ4v) is 2.93. The molecule has 0 aliphatic rings. The summed E-state index contributed by atoms with van der Waals surface area (Å²) in [5.74, 6) is 0. The van der Waals surface area contributed by atoms with Crippen molar-refractivity contribution in [3.05, 3.63) is 33.9 Å². The third-order valence-corrected chi connectivity index (χ3v) is 4.16. The molecule has 1 rings (SSSR count). The number of nitro groups is 1. The summed E-state index contributed by atoms with van der Waals surface area (Å²) in [6.45, 7) is 2.08. The van der Waals surface area contributed by atoms with Crippen LogP contribution >= 0.6 is 0 Å². The van der Waals surface area contributed by atoms with E-state index in [-0.39, 0.29) is 22.7 Å². The lowest BCUT2D eigenvalue weighted by atomic mass is 10.2. The van der Waals surface area contributed by atoms with Crippen LogP contribution in [0.1, 0.15) is 12.0 Å². The molecule has 0 heterocycles. The van der Waals surface area contributed by atoms with Crippen molar-refractivity contribution in [2.75, 3.05) is 20.3 Å². The van der Waals surface area contributed by atoms with Crippen molar-refractivity contribution in [2.45, 2.75) is 18.2 Å².